The number of halogens is 1. The summed E-state index contributed by atoms with van der Waals surface area (Å²) in [5.41, 5.74) is 2.33. The van der Waals surface area contributed by atoms with Gasteiger partial charge in [0, 0.05) is 62.8 Å². The van der Waals surface area contributed by atoms with E-state index in [1.807, 2.05) is 18.4 Å². The minimum absolute atomic E-state index is 0. The van der Waals surface area contributed by atoms with Gasteiger partial charge in [-0.15, -0.1) is 12.4 Å². The van der Waals surface area contributed by atoms with E-state index < -0.39 is 0 Å². The molecule has 1 unspecified atom stereocenters. The van der Waals surface area contributed by atoms with Gasteiger partial charge in [0.05, 0.1) is 6.26 Å². The van der Waals surface area contributed by atoms with Gasteiger partial charge >= 0.3 is 0 Å². The highest BCUT2D eigenvalue weighted by Gasteiger charge is 2.28. The maximum Gasteiger partial charge on any atom is 0.134 e. The Kier molecular flexibility index (Phi) is 5.03. The van der Waals surface area contributed by atoms with Crippen LogP contribution in [0.5, 0.6) is 0 Å². The van der Waals surface area contributed by atoms with Gasteiger partial charge in [-0.05, 0) is 12.5 Å². The van der Waals surface area contributed by atoms with E-state index in [0.717, 1.165) is 31.3 Å². The second-order valence-electron chi connectivity index (χ2n) is 6.22. The number of hydrogen-bond acceptors (Lipinski definition) is 4. The van der Waals surface area contributed by atoms with Gasteiger partial charge in [-0.3, -0.25) is 9.80 Å². The first-order chi connectivity index (χ1) is 10.4. The fraction of sp³-hybridized carbons (Fsp3) is 0.529. The lowest BCUT2D eigenvalue weighted by Crippen LogP contribution is -2.49. The largest absolute Gasteiger partial charge is 0.464 e. The number of nitrogens with one attached hydrogen (secondary N) is 1. The molecule has 1 N–H and O–H groups in total. The molecule has 22 heavy (non-hydrogen) atoms. The van der Waals surface area contributed by atoms with E-state index in [-0.39, 0.29) is 12.4 Å². The first-order valence-electron chi connectivity index (χ1n) is 8.02. The molecular formula is C17H24ClN3O. The van der Waals surface area contributed by atoms with Crippen molar-refractivity contribution in [1.29, 1.82) is 0 Å². The van der Waals surface area contributed by atoms with Crippen LogP contribution in [-0.4, -0.2) is 55.1 Å². The topological polar surface area (TPSA) is 31.6 Å². The number of fused-ring (bicyclic) bond motifs is 1. The van der Waals surface area contributed by atoms with Crippen molar-refractivity contribution in [3.8, 4) is 0 Å². The average Bonchev–Trinajstić information content (AvgIpc) is 3.17. The SMILES string of the molecule is Cl.c1ccc2c(CN3CCC(N4CCNCC4)C3)coc2c1. The van der Waals surface area contributed by atoms with Crippen LogP contribution in [0.25, 0.3) is 11.0 Å². The van der Waals surface area contributed by atoms with E-state index in [2.05, 4.69) is 27.2 Å². The monoisotopic (exact) mass is 321 g/mol. The maximum atomic E-state index is 5.66. The Morgan fingerprint density at radius 1 is 1.14 bits per heavy atom. The van der Waals surface area contributed by atoms with E-state index in [1.54, 1.807) is 0 Å². The number of hydrogen-bond donors (Lipinski definition) is 1. The Morgan fingerprint density at radius 3 is 2.82 bits per heavy atom. The maximum absolute atomic E-state index is 5.66. The van der Waals surface area contributed by atoms with Gasteiger partial charge in [0.15, 0.2) is 0 Å². The summed E-state index contributed by atoms with van der Waals surface area (Å²) in [4.78, 5) is 5.23. The van der Waals surface area contributed by atoms with Gasteiger partial charge in [-0.25, -0.2) is 0 Å². The van der Waals surface area contributed by atoms with Crippen molar-refractivity contribution < 1.29 is 4.42 Å². The lowest BCUT2D eigenvalue weighted by atomic mass is 10.1. The number of piperazine rings is 1. The average molecular weight is 322 g/mol. The van der Waals surface area contributed by atoms with Gasteiger partial charge in [-0.1, -0.05) is 18.2 Å². The van der Waals surface area contributed by atoms with E-state index in [1.165, 1.54) is 43.5 Å². The molecule has 0 spiro atoms. The summed E-state index contributed by atoms with van der Waals surface area (Å²) >= 11 is 0. The van der Waals surface area contributed by atoms with Crippen LogP contribution in [0.1, 0.15) is 12.0 Å². The Bertz CT molecular complexity index is 609. The van der Waals surface area contributed by atoms with E-state index in [9.17, 15) is 0 Å². The first-order valence-corrected chi connectivity index (χ1v) is 8.02. The first kappa shape index (κ1) is 15.8. The zero-order valence-corrected chi connectivity index (χ0v) is 13.6. The van der Waals surface area contributed by atoms with E-state index >= 15 is 0 Å². The molecule has 0 bridgehead atoms. The Balaban J connectivity index is 0.00000144. The summed E-state index contributed by atoms with van der Waals surface area (Å²) in [5.74, 6) is 0. The number of furan rings is 1. The molecule has 4 rings (SSSR count). The Labute approximate surface area is 137 Å². The van der Waals surface area contributed by atoms with Gasteiger partial charge in [0.2, 0.25) is 0 Å². The van der Waals surface area contributed by atoms with Crippen molar-refractivity contribution in [2.75, 3.05) is 39.3 Å². The number of rotatable bonds is 3. The molecule has 0 saturated carbocycles. The van der Waals surface area contributed by atoms with Crippen molar-refractivity contribution >= 4 is 23.4 Å². The molecule has 1 aromatic carbocycles. The summed E-state index contributed by atoms with van der Waals surface area (Å²) in [6.07, 6.45) is 3.23. The number of benzene rings is 1. The smallest absolute Gasteiger partial charge is 0.134 e. The van der Waals surface area contributed by atoms with Crippen molar-refractivity contribution in [2.24, 2.45) is 0 Å². The standard InChI is InChI=1S/C17H23N3O.ClH/c1-2-4-17-16(3-1)14(13-21-17)11-19-8-5-15(12-19)20-9-6-18-7-10-20;/h1-4,13,15,18H,5-12H2;1H. The van der Waals surface area contributed by atoms with E-state index in [4.69, 9.17) is 4.42 Å². The second kappa shape index (κ2) is 7.01. The Hall–Kier alpha value is -1.07. The minimum Gasteiger partial charge on any atom is -0.464 e. The molecule has 2 aromatic rings. The lowest BCUT2D eigenvalue weighted by Gasteiger charge is -2.32. The summed E-state index contributed by atoms with van der Waals surface area (Å²) in [6.45, 7) is 8.10. The molecule has 0 amide bonds. The third-order valence-electron chi connectivity index (χ3n) is 4.87. The molecule has 0 aliphatic carbocycles. The molecule has 5 heteroatoms. The van der Waals surface area contributed by atoms with Gasteiger partial charge < -0.3 is 9.73 Å². The van der Waals surface area contributed by atoms with Crippen LogP contribution >= 0.6 is 12.4 Å². The number of para-hydroxylation sites is 1. The molecular weight excluding hydrogens is 298 g/mol. The molecule has 2 aliphatic heterocycles. The molecule has 0 radical (unpaired) electrons. The molecule has 120 valence electrons. The third kappa shape index (κ3) is 3.15. The fourth-order valence-corrected chi connectivity index (χ4v) is 3.70. The highest BCUT2D eigenvalue weighted by molar-refractivity contribution is 5.85. The van der Waals surface area contributed by atoms with E-state index in [0.29, 0.717) is 0 Å². The summed E-state index contributed by atoms with van der Waals surface area (Å²) in [5, 5.41) is 4.70. The second-order valence-corrected chi connectivity index (χ2v) is 6.22. The molecule has 1 atom stereocenters. The van der Waals surface area contributed by atoms with Crippen LogP contribution < -0.4 is 5.32 Å². The van der Waals surface area contributed by atoms with Gasteiger partial charge in [-0.2, -0.15) is 0 Å². The molecule has 2 aliphatic rings. The van der Waals surface area contributed by atoms with Crippen molar-refractivity contribution in [1.82, 2.24) is 15.1 Å². The molecule has 2 fully saturated rings. The van der Waals surface area contributed by atoms with Crippen LogP contribution in [0.3, 0.4) is 0 Å². The van der Waals surface area contributed by atoms with Crippen LogP contribution in [0.4, 0.5) is 0 Å². The van der Waals surface area contributed by atoms with Crippen LogP contribution in [0, 0.1) is 0 Å². The summed E-state index contributed by atoms with van der Waals surface area (Å²) < 4.78 is 5.66. The molecule has 4 nitrogen and oxygen atoms in total. The predicted molar refractivity (Wildman–Crippen MR) is 91.6 cm³/mol. The quantitative estimate of drug-likeness (QED) is 0.940. The van der Waals surface area contributed by atoms with Crippen LogP contribution in [0.2, 0.25) is 0 Å². The summed E-state index contributed by atoms with van der Waals surface area (Å²) in [7, 11) is 0. The molecule has 1 aromatic heterocycles. The molecule has 3 heterocycles. The normalized spacial score (nSPS) is 23.7. The third-order valence-corrected chi connectivity index (χ3v) is 4.87. The zero-order valence-electron chi connectivity index (χ0n) is 12.8. The minimum atomic E-state index is 0. The fourth-order valence-electron chi connectivity index (χ4n) is 3.70. The van der Waals surface area contributed by atoms with Crippen molar-refractivity contribution in [3.63, 3.8) is 0 Å². The highest BCUT2D eigenvalue weighted by atomic mass is 35.5. The zero-order chi connectivity index (χ0) is 14.1. The van der Waals surface area contributed by atoms with Gasteiger partial charge in [0.25, 0.3) is 0 Å². The summed E-state index contributed by atoms with van der Waals surface area (Å²) in [6, 6.07) is 9.08. The highest BCUT2D eigenvalue weighted by Crippen LogP contribution is 2.24. The Morgan fingerprint density at radius 2 is 1.95 bits per heavy atom. The van der Waals surface area contributed by atoms with Crippen molar-refractivity contribution in [3.05, 3.63) is 36.1 Å². The van der Waals surface area contributed by atoms with Crippen LogP contribution in [0.15, 0.2) is 34.9 Å². The van der Waals surface area contributed by atoms with Gasteiger partial charge in [0.1, 0.15) is 5.58 Å². The van der Waals surface area contributed by atoms with Crippen molar-refractivity contribution in [2.45, 2.75) is 19.0 Å². The molecule has 2 saturated heterocycles. The van der Waals surface area contributed by atoms with Crippen LogP contribution in [-0.2, 0) is 6.54 Å². The number of likely N-dealkylation sites (tertiary alicyclic amines) is 1. The number of nitrogens with zero attached hydrogens (tertiary/aromatic N) is 2. The predicted octanol–water partition coefficient (Wildman–Crippen LogP) is 2.33. The lowest BCUT2D eigenvalue weighted by molar-refractivity contribution is 0.170.